The van der Waals surface area contributed by atoms with Crippen molar-refractivity contribution in [3.8, 4) is 0 Å². The lowest BCUT2D eigenvalue weighted by molar-refractivity contribution is -0.924. The number of benzene rings is 1. The van der Waals surface area contributed by atoms with E-state index in [0.717, 1.165) is 24.9 Å². The Morgan fingerprint density at radius 1 is 1.17 bits per heavy atom. The molecule has 1 aromatic rings. The summed E-state index contributed by atoms with van der Waals surface area (Å²) in [5.74, 6) is 1.77. The van der Waals surface area contributed by atoms with Crippen molar-refractivity contribution in [3.63, 3.8) is 0 Å². The third-order valence-corrected chi connectivity index (χ3v) is 5.97. The van der Waals surface area contributed by atoms with Crippen molar-refractivity contribution in [2.45, 2.75) is 52.0 Å². The number of piperidine rings is 1. The van der Waals surface area contributed by atoms with E-state index in [2.05, 4.69) is 5.32 Å². The molecule has 4 nitrogen and oxygen atoms in total. The van der Waals surface area contributed by atoms with Crippen molar-refractivity contribution in [2.24, 2.45) is 11.8 Å². The fourth-order valence-electron chi connectivity index (χ4n) is 4.39. The zero-order valence-corrected chi connectivity index (χ0v) is 14.8. The number of quaternary nitrogens is 1. The van der Waals surface area contributed by atoms with E-state index in [0.29, 0.717) is 11.3 Å². The van der Waals surface area contributed by atoms with Crippen LogP contribution in [0.4, 0.5) is 5.69 Å². The van der Waals surface area contributed by atoms with E-state index in [1.807, 2.05) is 19.1 Å². The van der Waals surface area contributed by atoms with Crippen LogP contribution in [-0.4, -0.2) is 30.8 Å². The normalized spacial score (nSPS) is 27.8. The highest BCUT2D eigenvalue weighted by Gasteiger charge is 2.37. The molecule has 0 radical (unpaired) electrons. The van der Waals surface area contributed by atoms with Crippen LogP contribution in [0.1, 0.15) is 56.3 Å². The zero-order chi connectivity index (χ0) is 17.1. The summed E-state index contributed by atoms with van der Waals surface area (Å²) < 4.78 is 0. The van der Waals surface area contributed by atoms with E-state index >= 15 is 0 Å². The van der Waals surface area contributed by atoms with E-state index < -0.39 is 0 Å². The second-order valence-corrected chi connectivity index (χ2v) is 7.55. The van der Waals surface area contributed by atoms with Gasteiger partial charge in [-0.1, -0.05) is 25.0 Å². The quantitative estimate of drug-likeness (QED) is 0.833. The largest absolute Gasteiger partial charge is 0.325 e. The summed E-state index contributed by atoms with van der Waals surface area (Å²) in [7, 11) is 0. The van der Waals surface area contributed by atoms with Crippen molar-refractivity contribution in [3.05, 3.63) is 29.8 Å². The van der Waals surface area contributed by atoms with E-state index in [-0.39, 0.29) is 17.7 Å². The molecule has 2 aliphatic rings. The van der Waals surface area contributed by atoms with Crippen molar-refractivity contribution in [2.75, 3.05) is 18.4 Å². The Morgan fingerprint density at radius 3 is 2.67 bits per heavy atom. The first-order valence-corrected chi connectivity index (χ1v) is 9.31. The SMILES string of the molecule is CC(=O)c1cccc(NC(=O)[C@@H](C)[NH+]2CC[C@@H]3CCCC[C@@H]3C2)c1. The molecule has 4 atom stereocenters. The monoisotopic (exact) mass is 329 g/mol. The Labute approximate surface area is 144 Å². The number of hydrogen-bond donors (Lipinski definition) is 2. The predicted octanol–water partition coefficient (Wildman–Crippen LogP) is 2.31. The molecule has 1 heterocycles. The highest BCUT2D eigenvalue weighted by molar-refractivity contribution is 5.97. The first-order chi connectivity index (χ1) is 11.5. The second-order valence-electron chi connectivity index (χ2n) is 7.55. The number of Topliss-reactive ketones (excluding diaryl/α,β-unsaturated/α-hetero) is 1. The molecule has 1 saturated heterocycles. The maximum absolute atomic E-state index is 12.6. The molecular weight excluding hydrogens is 300 g/mol. The maximum atomic E-state index is 12.6. The van der Waals surface area contributed by atoms with Crippen LogP contribution in [0.2, 0.25) is 0 Å². The number of carbonyl (C=O) groups excluding carboxylic acids is 2. The average molecular weight is 329 g/mol. The average Bonchev–Trinajstić information content (AvgIpc) is 2.60. The fraction of sp³-hybridized carbons (Fsp3) is 0.600. The molecule has 4 heteroatoms. The number of nitrogens with one attached hydrogen (secondary N) is 2. The molecule has 1 saturated carbocycles. The summed E-state index contributed by atoms with van der Waals surface area (Å²) in [5.41, 5.74) is 1.35. The molecule has 24 heavy (non-hydrogen) atoms. The van der Waals surface area contributed by atoms with Gasteiger partial charge in [-0.2, -0.15) is 0 Å². The lowest BCUT2D eigenvalue weighted by atomic mass is 9.75. The summed E-state index contributed by atoms with van der Waals surface area (Å²) in [4.78, 5) is 25.5. The number of amides is 1. The number of rotatable bonds is 4. The smallest absolute Gasteiger partial charge is 0.282 e. The lowest BCUT2D eigenvalue weighted by Crippen LogP contribution is -3.18. The van der Waals surface area contributed by atoms with Gasteiger partial charge in [-0.25, -0.2) is 0 Å². The summed E-state index contributed by atoms with van der Waals surface area (Å²) in [6, 6.07) is 7.15. The minimum Gasteiger partial charge on any atom is -0.325 e. The topological polar surface area (TPSA) is 50.6 Å². The van der Waals surface area contributed by atoms with Gasteiger partial charge in [-0.3, -0.25) is 9.59 Å². The Balaban J connectivity index is 1.60. The lowest BCUT2D eigenvalue weighted by Gasteiger charge is -2.40. The van der Waals surface area contributed by atoms with Crippen molar-refractivity contribution < 1.29 is 14.5 Å². The van der Waals surface area contributed by atoms with Gasteiger partial charge >= 0.3 is 0 Å². The van der Waals surface area contributed by atoms with Gasteiger partial charge in [0.2, 0.25) is 0 Å². The van der Waals surface area contributed by atoms with Gasteiger partial charge in [0, 0.05) is 17.2 Å². The minimum absolute atomic E-state index is 0.0177. The summed E-state index contributed by atoms with van der Waals surface area (Å²) in [6.07, 6.45) is 6.73. The molecule has 0 spiro atoms. The molecule has 1 aliphatic carbocycles. The van der Waals surface area contributed by atoms with E-state index in [1.165, 1.54) is 37.0 Å². The van der Waals surface area contributed by atoms with Gasteiger partial charge in [-0.15, -0.1) is 0 Å². The van der Waals surface area contributed by atoms with Crippen LogP contribution in [0.3, 0.4) is 0 Å². The van der Waals surface area contributed by atoms with Crippen LogP contribution in [0.25, 0.3) is 0 Å². The van der Waals surface area contributed by atoms with Crippen LogP contribution in [0, 0.1) is 11.8 Å². The van der Waals surface area contributed by atoms with Crippen molar-refractivity contribution >= 4 is 17.4 Å². The number of carbonyl (C=O) groups is 2. The molecule has 2 N–H and O–H groups in total. The van der Waals surface area contributed by atoms with E-state index in [1.54, 1.807) is 19.1 Å². The third kappa shape index (κ3) is 3.86. The number of fused-ring (bicyclic) bond motifs is 1. The molecule has 3 rings (SSSR count). The van der Waals surface area contributed by atoms with Gasteiger partial charge in [-0.05, 0) is 51.2 Å². The Hall–Kier alpha value is -1.68. The molecule has 2 fully saturated rings. The molecular formula is C20H29N2O2+. The standard InChI is InChI=1S/C20H28N2O2/c1-14(22-11-10-16-6-3-4-7-18(16)13-22)20(24)21-19-9-5-8-17(12-19)15(2)23/h5,8-9,12,14,16,18H,3-4,6-7,10-11,13H2,1-2H3,(H,21,24)/p+1/t14-,16+,18-/m1/s1. The number of likely N-dealkylation sites (tertiary alicyclic amines) is 1. The molecule has 0 bridgehead atoms. The van der Waals surface area contributed by atoms with Crippen LogP contribution in [0.5, 0.6) is 0 Å². The van der Waals surface area contributed by atoms with E-state index in [4.69, 9.17) is 0 Å². The molecule has 130 valence electrons. The van der Waals surface area contributed by atoms with Gasteiger partial charge in [0.15, 0.2) is 11.8 Å². The number of anilines is 1. The highest BCUT2D eigenvalue weighted by Crippen LogP contribution is 2.32. The van der Waals surface area contributed by atoms with Crippen LogP contribution < -0.4 is 10.2 Å². The molecule has 1 aliphatic heterocycles. The van der Waals surface area contributed by atoms with Gasteiger partial charge < -0.3 is 10.2 Å². The van der Waals surface area contributed by atoms with Gasteiger partial charge in [0.1, 0.15) is 0 Å². The summed E-state index contributed by atoms with van der Waals surface area (Å²) in [5, 5.41) is 2.99. The fourth-order valence-corrected chi connectivity index (χ4v) is 4.39. The minimum atomic E-state index is -0.0474. The Kier molecular flexibility index (Phi) is 5.34. The van der Waals surface area contributed by atoms with Crippen LogP contribution in [-0.2, 0) is 4.79 Å². The van der Waals surface area contributed by atoms with Crippen molar-refractivity contribution in [1.29, 1.82) is 0 Å². The first-order valence-electron chi connectivity index (χ1n) is 9.31. The first kappa shape index (κ1) is 17.2. The van der Waals surface area contributed by atoms with E-state index in [9.17, 15) is 9.59 Å². The van der Waals surface area contributed by atoms with Crippen LogP contribution >= 0.6 is 0 Å². The predicted molar refractivity (Wildman–Crippen MR) is 95.3 cm³/mol. The highest BCUT2D eigenvalue weighted by atomic mass is 16.2. The Morgan fingerprint density at radius 2 is 1.92 bits per heavy atom. The van der Waals surface area contributed by atoms with Crippen molar-refractivity contribution in [1.82, 2.24) is 0 Å². The third-order valence-electron chi connectivity index (χ3n) is 5.97. The maximum Gasteiger partial charge on any atom is 0.282 e. The molecule has 1 unspecified atom stereocenters. The molecule has 1 amide bonds. The van der Waals surface area contributed by atoms with Gasteiger partial charge in [0.25, 0.3) is 5.91 Å². The summed E-state index contributed by atoms with van der Waals surface area (Å²) >= 11 is 0. The molecule has 0 aromatic heterocycles. The molecule has 1 aromatic carbocycles. The zero-order valence-electron chi connectivity index (χ0n) is 14.8. The van der Waals surface area contributed by atoms with Crippen LogP contribution in [0.15, 0.2) is 24.3 Å². The second kappa shape index (κ2) is 7.47. The number of hydrogen-bond acceptors (Lipinski definition) is 2. The number of ketones is 1. The summed E-state index contributed by atoms with van der Waals surface area (Å²) in [6.45, 7) is 5.81. The Bertz CT molecular complexity index is 613. The van der Waals surface area contributed by atoms with Gasteiger partial charge in [0.05, 0.1) is 13.1 Å².